The maximum absolute atomic E-state index is 13.1. The first-order chi connectivity index (χ1) is 14.1. The summed E-state index contributed by atoms with van der Waals surface area (Å²) in [6.07, 6.45) is 1.64. The van der Waals surface area contributed by atoms with Gasteiger partial charge >= 0.3 is 0 Å². The van der Waals surface area contributed by atoms with Crippen molar-refractivity contribution in [2.24, 2.45) is 7.05 Å². The average molecular weight is 430 g/mol. The Bertz CT molecular complexity index is 1170. The van der Waals surface area contributed by atoms with E-state index in [9.17, 15) is 8.42 Å². The topological polar surface area (TPSA) is 110 Å². The molecule has 1 aliphatic heterocycles. The molecule has 10 heteroatoms. The van der Waals surface area contributed by atoms with E-state index in [2.05, 4.69) is 35.8 Å². The summed E-state index contributed by atoms with van der Waals surface area (Å²) in [5.74, 6) is 0.868. The van der Waals surface area contributed by atoms with Crippen molar-refractivity contribution in [3.05, 3.63) is 36.0 Å². The second kappa shape index (κ2) is 7.21. The molecule has 0 spiro atoms. The predicted octanol–water partition coefficient (Wildman–Crippen LogP) is 1.75. The van der Waals surface area contributed by atoms with E-state index < -0.39 is 10.0 Å². The van der Waals surface area contributed by atoms with Gasteiger partial charge in [-0.2, -0.15) is 19.4 Å². The van der Waals surface area contributed by atoms with Gasteiger partial charge < -0.3 is 10.6 Å². The van der Waals surface area contributed by atoms with Crippen molar-refractivity contribution >= 4 is 32.8 Å². The fourth-order valence-corrected chi connectivity index (χ4v) is 5.00. The van der Waals surface area contributed by atoms with Gasteiger partial charge in [-0.3, -0.25) is 4.68 Å². The van der Waals surface area contributed by atoms with Gasteiger partial charge in [0, 0.05) is 33.2 Å². The molecule has 1 fully saturated rings. The maximum Gasteiger partial charge on any atom is 0.243 e. The van der Waals surface area contributed by atoms with E-state index in [0.717, 1.165) is 5.56 Å². The normalized spacial score (nSPS) is 16.3. The summed E-state index contributed by atoms with van der Waals surface area (Å²) in [4.78, 5) is 11.2. The second-order valence-corrected chi connectivity index (χ2v) is 10.5. The minimum atomic E-state index is -3.54. The summed E-state index contributed by atoms with van der Waals surface area (Å²) in [5.41, 5.74) is 7.79. The number of anilines is 2. The number of aromatic nitrogens is 4. The van der Waals surface area contributed by atoms with Crippen LogP contribution in [-0.2, 0) is 22.5 Å². The Morgan fingerprint density at radius 2 is 1.63 bits per heavy atom. The van der Waals surface area contributed by atoms with Crippen molar-refractivity contribution in [2.45, 2.75) is 31.1 Å². The Morgan fingerprint density at radius 1 is 1.00 bits per heavy atom. The van der Waals surface area contributed by atoms with Crippen LogP contribution in [0.5, 0.6) is 0 Å². The van der Waals surface area contributed by atoms with E-state index in [1.165, 1.54) is 4.31 Å². The summed E-state index contributed by atoms with van der Waals surface area (Å²) >= 11 is 0. The lowest BCUT2D eigenvalue weighted by molar-refractivity contribution is 0.382. The van der Waals surface area contributed by atoms with Crippen LogP contribution in [0.2, 0.25) is 0 Å². The van der Waals surface area contributed by atoms with Gasteiger partial charge in [0.2, 0.25) is 16.0 Å². The molecular formula is C20H27N7O2S. The Hall–Kier alpha value is -2.72. The number of nitrogens with two attached hydrogens (primary N) is 1. The molecule has 1 aromatic carbocycles. The van der Waals surface area contributed by atoms with Gasteiger partial charge in [-0.1, -0.05) is 32.9 Å². The van der Waals surface area contributed by atoms with E-state index in [-0.39, 0.29) is 5.41 Å². The van der Waals surface area contributed by atoms with Crippen LogP contribution in [0.1, 0.15) is 26.3 Å². The van der Waals surface area contributed by atoms with Crippen LogP contribution in [0.15, 0.2) is 35.4 Å². The average Bonchev–Trinajstić information content (AvgIpc) is 3.09. The number of aryl methyl sites for hydroxylation is 1. The number of rotatable bonds is 3. The Morgan fingerprint density at radius 3 is 2.23 bits per heavy atom. The van der Waals surface area contributed by atoms with Crippen LogP contribution in [0.4, 0.5) is 11.8 Å². The predicted molar refractivity (Wildman–Crippen MR) is 117 cm³/mol. The quantitative estimate of drug-likeness (QED) is 0.675. The molecule has 0 aliphatic carbocycles. The van der Waals surface area contributed by atoms with Crippen molar-refractivity contribution in [3.63, 3.8) is 0 Å². The van der Waals surface area contributed by atoms with Crippen LogP contribution in [0.3, 0.4) is 0 Å². The van der Waals surface area contributed by atoms with Crippen molar-refractivity contribution in [3.8, 4) is 0 Å². The monoisotopic (exact) mass is 429 g/mol. The molecular weight excluding hydrogens is 402 g/mol. The molecule has 0 bridgehead atoms. The third-order valence-corrected chi connectivity index (χ3v) is 7.40. The SMILES string of the molecule is Cn1ncc2c(N)nc(N3CCN(S(=O)(=O)c4ccc(C(C)(C)C)cc4)CC3)nc21. The Kier molecular flexibility index (Phi) is 4.94. The van der Waals surface area contributed by atoms with Crippen LogP contribution in [0, 0.1) is 0 Å². The molecule has 1 aliphatic rings. The molecule has 0 atom stereocenters. The first-order valence-electron chi connectivity index (χ1n) is 9.88. The highest BCUT2D eigenvalue weighted by Gasteiger charge is 2.30. The molecule has 3 aromatic rings. The third kappa shape index (κ3) is 3.61. The lowest BCUT2D eigenvalue weighted by Crippen LogP contribution is -2.49. The minimum absolute atomic E-state index is 0.0231. The lowest BCUT2D eigenvalue weighted by atomic mass is 9.87. The molecule has 4 rings (SSSR count). The fraction of sp³-hybridized carbons (Fsp3) is 0.450. The molecule has 0 unspecified atom stereocenters. The molecule has 1 saturated heterocycles. The number of sulfonamides is 1. The van der Waals surface area contributed by atoms with Crippen molar-refractivity contribution in [2.75, 3.05) is 36.8 Å². The molecule has 30 heavy (non-hydrogen) atoms. The highest BCUT2D eigenvalue weighted by molar-refractivity contribution is 7.89. The molecule has 2 N–H and O–H groups in total. The van der Waals surface area contributed by atoms with Crippen LogP contribution in [0.25, 0.3) is 11.0 Å². The van der Waals surface area contributed by atoms with Crippen LogP contribution < -0.4 is 10.6 Å². The summed E-state index contributed by atoms with van der Waals surface area (Å²) in [7, 11) is -1.74. The van der Waals surface area contributed by atoms with Gasteiger partial charge in [-0.05, 0) is 23.1 Å². The van der Waals surface area contributed by atoms with E-state index in [1.807, 2.05) is 17.0 Å². The van der Waals surface area contributed by atoms with E-state index in [4.69, 9.17) is 5.73 Å². The first kappa shape index (κ1) is 20.5. The summed E-state index contributed by atoms with van der Waals surface area (Å²) in [6, 6.07) is 7.18. The largest absolute Gasteiger partial charge is 0.383 e. The summed E-state index contributed by atoms with van der Waals surface area (Å²) in [5, 5.41) is 4.88. The number of benzene rings is 1. The molecule has 0 saturated carbocycles. The number of fused-ring (bicyclic) bond motifs is 1. The first-order valence-corrected chi connectivity index (χ1v) is 11.3. The zero-order valence-corrected chi connectivity index (χ0v) is 18.5. The smallest absolute Gasteiger partial charge is 0.243 e. The fourth-order valence-electron chi connectivity index (χ4n) is 3.58. The van der Waals surface area contributed by atoms with E-state index in [0.29, 0.717) is 53.9 Å². The number of piperazine rings is 1. The van der Waals surface area contributed by atoms with Gasteiger partial charge in [0.05, 0.1) is 16.5 Å². The lowest BCUT2D eigenvalue weighted by Gasteiger charge is -2.34. The Balaban J connectivity index is 1.51. The number of hydrogen-bond donors (Lipinski definition) is 1. The van der Waals surface area contributed by atoms with Gasteiger partial charge in [0.15, 0.2) is 5.65 Å². The molecule has 9 nitrogen and oxygen atoms in total. The van der Waals surface area contributed by atoms with Gasteiger partial charge in [-0.25, -0.2) is 8.42 Å². The van der Waals surface area contributed by atoms with Crippen LogP contribution >= 0.6 is 0 Å². The highest BCUT2D eigenvalue weighted by Crippen LogP contribution is 2.26. The minimum Gasteiger partial charge on any atom is -0.383 e. The zero-order valence-electron chi connectivity index (χ0n) is 17.7. The van der Waals surface area contributed by atoms with Crippen molar-refractivity contribution in [1.82, 2.24) is 24.1 Å². The van der Waals surface area contributed by atoms with E-state index in [1.54, 1.807) is 30.1 Å². The molecule has 2 aromatic heterocycles. The maximum atomic E-state index is 13.1. The highest BCUT2D eigenvalue weighted by atomic mass is 32.2. The third-order valence-electron chi connectivity index (χ3n) is 5.49. The number of hydrogen-bond acceptors (Lipinski definition) is 7. The van der Waals surface area contributed by atoms with Gasteiger partial charge in [0.1, 0.15) is 5.82 Å². The number of nitrogen functional groups attached to an aromatic ring is 1. The number of nitrogens with zero attached hydrogens (tertiary/aromatic N) is 6. The van der Waals surface area contributed by atoms with E-state index >= 15 is 0 Å². The van der Waals surface area contributed by atoms with Gasteiger partial charge in [-0.15, -0.1) is 0 Å². The van der Waals surface area contributed by atoms with Crippen LogP contribution in [-0.4, -0.2) is 58.7 Å². The molecule has 3 heterocycles. The second-order valence-electron chi connectivity index (χ2n) is 8.58. The zero-order chi connectivity index (χ0) is 21.7. The van der Waals surface area contributed by atoms with Crippen molar-refractivity contribution < 1.29 is 8.42 Å². The van der Waals surface area contributed by atoms with Crippen molar-refractivity contribution in [1.29, 1.82) is 0 Å². The molecule has 160 valence electrons. The summed E-state index contributed by atoms with van der Waals surface area (Å²) < 4.78 is 29.3. The Labute approximate surface area is 176 Å². The molecule has 0 amide bonds. The van der Waals surface area contributed by atoms with Gasteiger partial charge in [0.25, 0.3) is 0 Å². The standard InChI is InChI=1S/C20H27N7O2S/c1-20(2,3)14-5-7-15(8-6-14)30(28,29)27-11-9-26(10-12-27)19-23-17(21)16-13-22-25(4)18(16)24-19/h5-8,13H,9-12H2,1-4H3,(H2,21,23,24). The summed E-state index contributed by atoms with van der Waals surface area (Å²) in [6.45, 7) is 8.00. The molecule has 0 radical (unpaired) electrons.